The number of aromatic nitrogens is 4. The largest absolute Gasteiger partial charge is 0.493 e. The second-order valence-corrected chi connectivity index (χ2v) is 6.36. The third kappa shape index (κ3) is 3.22. The van der Waals surface area contributed by atoms with Gasteiger partial charge < -0.3 is 5.11 Å². The van der Waals surface area contributed by atoms with Gasteiger partial charge in [0.25, 0.3) is 11.1 Å². The van der Waals surface area contributed by atoms with Crippen molar-refractivity contribution in [1.82, 2.24) is 18.5 Å². The van der Waals surface area contributed by atoms with Crippen LogP contribution in [0.4, 0.5) is 11.4 Å². The first-order valence-electron chi connectivity index (χ1n) is 9.15. The SMILES string of the molecule is CCn1c(O)c(N=Nc2c(C)n(C)n(-c3ccccc3)c2=O)c(=O)n(CC)c1=O. The van der Waals surface area contributed by atoms with Gasteiger partial charge in [0.15, 0.2) is 5.69 Å². The Balaban J connectivity index is 2.19. The molecule has 0 atom stereocenters. The van der Waals surface area contributed by atoms with Crippen LogP contribution in [0.3, 0.4) is 0 Å². The minimum atomic E-state index is -0.764. The molecule has 152 valence electrons. The first kappa shape index (κ1) is 20.1. The fourth-order valence-electron chi connectivity index (χ4n) is 3.10. The zero-order valence-electron chi connectivity index (χ0n) is 16.7. The Morgan fingerprint density at radius 3 is 2.07 bits per heavy atom. The van der Waals surface area contributed by atoms with Gasteiger partial charge in [-0.1, -0.05) is 18.2 Å². The lowest BCUT2D eigenvalue weighted by Gasteiger charge is -2.10. The zero-order valence-corrected chi connectivity index (χ0v) is 16.7. The molecule has 10 heteroatoms. The third-order valence-corrected chi connectivity index (χ3v) is 4.78. The van der Waals surface area contributed by atoms with Crippen molar-refractivity contribution in [2.24, 2.45) is 17.3 Å². The Hall–Kier alpha value is -3.69. The molecule has 0 saturated carbocycles. The maximum absolute atomic E-state index is 12.9. The summed E-state index contributed by atoms with van der Waals surface area (Å²) in [7, 11) is 1.71. The van der Waals surface area contributed by atoms with Gasteiger partial charge in [-0.25, -0.2) is 9.48 Å². The van der Waals surface area contributed by atoms with Crippen LogP contribution in [0, 0.1) is 6.92 Å². The molecule has 2 aromatic heterocycles. The van der Waals surface area contributed by atoms with Gasteiger partial charge in [0.1, 0.15) is 0 Å². The molecule has 0 radical (unpaired) electrons. The molecular formula is C19H22N6O4. The Morgan fingerprint density at radius 1 is 0.897 bits per heavy atom. The normalized spacial score (nSPS) is 11.4. The van der Waals surface area contributed by atoms with Crippen LogP contribution in [0.15, 0.2) is 54.9 Å². The number of para-hydroxylation sites is 1. The van der Waals surface area contributed by atoms with Crippen LogP contribution in [0.25, 0.3) is 5.69 Å². The van der Waals surface area contributed by atoms with Crippen molar-refractivity contribution in [1.29, 1.82) is 0 Å². The Kier molecular flexibility index (Phi) is 5.35. The molecule has 3 rings (SSSR count). The standard InChI is InChI=1S/C19H22N6O4/c1-5-23-16(26)15(17(27)24(6-2)19(23)29)21-20-14-12(3)22(4)25(18(14)28)13-10-8-7-9-11-13/h7-11,26H,5-6H2,1-4H3. The summed E-state index contributed by atoms with van der Waals surface area (Å²) in [5.41, 5.74) is -0.977. The average molecular weight is 398 g/mol. The summed E-state index contributed by atoms with van der Waals surface area (Å²) in [6.07, 6.45) is 0. The van der Waals surface area contributed by atoms with Gasteiger partial charge in [-0.05, 0) is 32.9 Å². The van der Waals surface area contributed by atoms with Gasteiger partial charge >= 0.3 is 5.69 Å². The van der Waals surface area contributed by atoms with Gasteiger partial charge in [0, 0.05) is 20.1 Å². The molecule has 3 aromatic rings. The first-order valence-corrected chi connectivity index (χ1v) is 9.15. The van der Waals surface area contributed by atoms with Crippen molar-refractivity contribution in [3.8, 4) is 11.6 Å². The van der Waals surface area contributed by atoms with Crippen LogP contribution in [-0.4, -0.2) is 23.6 Å². The zero-order chi connectivity index (χ0) is 21.3. The number of azo groups is 1. The van der Waals surface area contributed by atoms with Crippen molar-refractivity contribution >= 4 is 11.4 Å². The summed E-state index contributed by atoms with van der Waals surface area (Å²) in [6.45, 7) is 5.27. The van der Waals surface area contributed by atoms with Crippen LogP contribution in [0.5, 0.6) is 5.88 Å². The van der Waals surface area contributed by atoms with Gasteiger partial charge in [0.05, 0.1) is 11.4 Å². The van der Waals surface area contributed by atoms with Crippen LogP contribution >= 0.6 is 0 Å². The summed E-state index contributed by atoms with van der Waals surface area (Å²) in [4.78, 5) is 37.7. The highest BCUT2D eigenvalue weighted by Crippen LogP contribution is 2.24. The van der Waals surface area contributed by atoms with Crippen molar-refractivity contribution in [3.05, 3.63) is 67.2 Å². The van der Waals surface area contributed by atoms with Gasteiger partial charge in [0.2, 0.25) is 11.6 Å². The van der Waals surface area contributed by atoms with E-state index in [1.807, 2.05) is 18.2 Å². The molecule has 1 N–H and O–H groups in total. The fourth-order valence-corrected chi connectivity index (χ4v) is 3.10. The quantitative estimate of drug-likeness (QED) is 0.661. The number of nitrogens with zero attached hydrogens (tertiary/aromatic N) is 6. The van der Waals surface area contributed by atoms with Crippen LogP contribution in [0.2, 0.25) is 0 Å². The number of hydrogen-bond donors (Lipinski definition) is 1. The topological polar surface area (TPSA) is 116 Å². The van der Waals surface area contributed by atoms with Crippen molar-refractivity contribution in [2.45, 2.75) is 33.9 Å². The van der Waals surface area contributed by atoms with E-state index in [1.165, 1.54) is 4.68 Å². The minimum Gasteiger partial charge on any atom is -0.493 e. The molecule has 0 bridgehead atoms. The lowest BCUT2D eigenvalue weighted by atomic mass is 10.3. The summed E-state index contributed by atoms with van der Waals surface area (Å²) < 4.78 is 5.04. The van der Waals surface area contributed by atoms with Crippen molar-refractivity contribution < 1.29 is 5.11 Å². The Labute approximate surface area is 165 Å². The summed E-state index contributed by atoms with van der Waals surface area (Å²) in [5.74, 6) is -0.576. The number of aromatic hydroxyl groups is 1. The molecule has 0 spiro atoms. The predicted octanol–water partition coefficient (Wildman–Crippen LogP) is 1.97. The number of hydrogen-bond acceptors (Lipinski definition) is 6. The molecule has 0 aliphatic rings. The molecule has 0 amide bonds. The summed E-state index contributed by atoms with van der Waals surface area (Å²) >= 11 is 0. The predicted molar refractivity (Wildman–Crippen MR) is 108 cm³/mol. The lowest BCUT2D eigenvalue weighted by Crippen LogP contribution is -2.38. The molecule has 2 heterocycles. The van der Waals surface area contributed by atoms with E-state index in [1.54, 1.807) is 44.6 Å². The molecule has 0 fully saturated rings. The molecule has 0 aliphatic heterocycles. The van der Waals surface area contributed by atoms with E-state index < -0.39 is 22.7 Å². The smallest absolute Gasteiger partial charge is 0.333 e. The van der Waals surface area contributed by atoms with Gasteiger partial charge in [-0.15, -0.1) is 10.2 Å². The summed E-state index contributed by atoms with van der Waals surface area (Å²) in [6, 6.07) is 9.03. The molecular weight excluding hydrogens is 376 g/mol. The highest BCUT2D eigenvalue weighted by Gasteiger charge is 2.19. The maximum atomic E-state index is 12.9. The van der Waals surface area contributed by atoms with E-state index in [0.29, 0.717) is 11.4 Å². The van der Waals surface area contributed by atoms with Crippen LogP contribution < -0.4 is 16.8 Å². The molecule has 29 heavy (non-hydrogen) atoms. The fraction of sp³-hybridized carbons (Fsp3) is 0.316. The van der Waals surface area contributed by atoms with Gasteiger partial charge in [-0.3, -0.25) is 23.4 Å². The third-order valence-electron chi connectivity index (χ3n) is 4.78. The number of rotatable bonds is 5. The first-order chi connectivity index (χ1) is 13.8. The highest BCUT2D eigenvalue weighted by atomic mass is 16.3. The summed E-state index contributed by atoms with van der Waals surface area (Å²) in [5, 5.41) is 18.2. The monoisotopic (exact) mass is 398 g/mol. The van der Waals surface area contributed by atoms with E-state index in [4.69, 9.17) is 0 Å². The average Bonchev–Trinajstić information content (AvgIpc) is 2.92. The lowest BCUT2D eigenvalue weighted by molar-refractivity contribution is 0.397. The second kappa shape index (κ2) is 7.74. The van der Waals surface area contributed by atoms with E-state index in [0.717, 1.165) is 9.13 Å². The van der Waals surface area contributed by atoms with Crippen molar-refractivity contribution in [3.63, 3.8) is 0 Å². The second-order valence-electron chi connectivity index (χ2n) is 6.36. The van der Waals surface area contributed by atoms with E-state index >= 15 is 0 Å². The maximum Gasteiger partial charge on any atom is 0.333 e. The van der Waals surface area contributed by atoms with Crippen molar-refractivity contribution in [2.75, 3.05) is 0 Å². The van der Waals surface area contributed by atoms with E-state index in [-0.39, 0.29) is 24.5 Å². The number of benzene rings is 1. The molecule has 0 unspecified atom stereocenters. The molecule has 0 aliphatic carbocycles. The Bertz CT molecular complexity index is 1260. The van der Waals surface area contributed by atoms with Crippen LogP contribution in [-0.2, 0) is 20.1 Å². The Morgan fingerprint density at radius 2 is 1.48 bits per heavy atom. The van der Waals surface area contributed by atoms with E-state index in [2.05, 4.69) is 10.2 Å². The highest BCUT2D eigenvalue weighted by molar-refractivity contribution is 5.47. The van der Waals surface area contributed by atoms with E-state index in [9.17, 15) is 19.5 Å². The molecule has 0 saturated heterocycles. The van der Waals surface area contributed by atoms with Crippen LogP contribution in [0.1, 0.15) is 19.5 Å². The van der Waals surface area contributed by atoms with Gasteiger partial charge in [-0.2, -0.15) is 0 Å². The minimum absolute atomic E-state index is 0.0347. The molecule has 1 aromatic carbocycles. The molecule has 10 nitrogen and oxygen atoms in total.